The third-order valence-electron chi connectivity index (χ3n) is 8.37. The number of fused-ring (bicyclic) bond motifs is 2. The molecule has 4 aliphatic heterocycles. The van der Waals surface area contributed by atoms with Gasteiger partial charge in [0.15, 0.2) is 0 Å². The van der Waals surface area contributed by atoms with Crippen molar-refractivity contribution >= 4 is 23.5 Å². The predicted octanol–water partition coefficient (Wildman–Crippen LogP) is 2.48. The number of hydrogen-bond donors (Lipinski definition) is 1. The summed E-state index contributed by atoms with van der Waals surface area (Å²) in [6, 6.07) is 5.48. The second-order valence-corrected chi connectivity index (χ2v) is 10.9. The van der Waals surface area contributed by atoms with E-state index in [1.165, 1.54) is 4.90 Å². The van der Waals surface area contributed by atoms with E-state index in [0.717, 1.165) is 0 Å². The van der Waals surface area contributed by atoms with Crippen LogP contribution in [0.15, 0.2) is 48.6 Å². The summed E-state index contributed by atoms with van der Waals surface area (Å²) < 4.78 is 17.6. The minimum absolute atomic E-state index is 0.105. The van der Waals surface area contributed by atoms with Crippen molar-refractivity contribution in [3.05, 3.63) is 48.6 Å². The summed E-state index contributed by atoms with van der Waals surface area (Å²) in [5, 5.41) is 10.4. The molecule has 1 aromatic carbocycles. The standard InChI is InChI=1S/C29H36N2O7/c1-5-28-12-7-15-37-27(35)23(28)22-25(33)31(20(17-32)16-18(2)3)24-26(34)30(14-6-13-29(22,24)38-28)19-8-10-21(36-4)11-9-19/h6-13,18,20,22-24,32H,5,14-17H2,1-4H3/t20-,22+,23-,24?,28+,29+/m1/s1. The molecule has 4 aliphatic rings. The van der Waals surface area contributed by atoms with Gasteiger partial charge in [0.25, 0.3) is 5.91 Å². The Bertz CT molecular complexity index is 1160. The number of ether oxygens (including phenoxy) is 3. The number of aliphatic hydroxyl groups excluding tert-OH is 1. The number of methoxy groups -OCH3 is 1. The van der Waals surface area contributed by atoms with Gasteiger partial charge in [-0.1, -0.05) is 39.0 Å². The van der Waals surface area contributed by atoms with Crippen LogP contribution in [0.2, 0.25) is 0 Å². The van der Waals surface area contributed by atoms with E-state index < -0.39 is 41.1 Å². The molecule has 2 amide bonds. The van der Waals surface area contributed by atoms with Crippen LogP contribution >= 0.6 is 0 Å². The Morgan fingerprint density at radius 2 is 1.82 bits per heavy atom. The Morgan fingerprint density at radius 3 is 2.45 bits per heavy atom. The second kappa shape index (κ2) is 9.85. The number of likely N-dealkylation sites (tertiary alicyclic amines) is 1. The first-order valence-electron chi connectivity index (χ1n) is 13.3. The molecule has 9 heteroatoms. The number of amides is 2. The van der Waals surface area contributed by atoms with E-state index in [0.29, 0.717) is 24.3 Å². The maximum atomic E-state index is 14.5. The van der Waals surface area contributed by atoms with E-state index >= 15 is 0 Å². The molecular formula is C29H36N2O7. The molecule has 5 rings (SSSR count). The van der Waals surface area contributed by atoms with Gasteiger partial charge in [-0.25, -0.2) is 0 Å². The van der Waals surface area contributed by atoms with Crippen molar-refractivity contribution < 1.29 is 33.7 Å². The average Bonchev–Trinajstić information content (AvgIpc) is 3.19. The highest BCUT2D eigenvalue weighted by Gasteiger charge is 2.76. The smallest absolute Gasteiger partial charge is 0.313 e. The van der Waals surface area contributed by atoms with Crippen LogP contribution in [-0.4, -0.2) is 77.9 Å². The lowest BCUT2D eigenvalue weighted by molar-refractivity contribution is -0.159. The molecule has 0 radical (unpaired) electrons. The van der Waals surface area contributed by atoms with Gasteiger partial charge < -0.3 is 29.1 Å². The second-order valence-electron chi connectivity index (χ2n) is 10.9. The number of rotatable bonds is 7. The summed E-state index contributed by atoms with van der Waals surface area (Å²) in [6.07, 6.45) is 8.14. The molecule has 2 saturated heterocycles. The fraction of sp³-hybridized carbons (Fsp3) is 0.552. The normalized spacial score (nSPS) is 33.0. The van der Waals surface area contributed by atoms with Gasteiger partial charge in [0.2, 0.25) is 5.91 Å². The quantitative estimate of drug-likeness (QED) is 0.432. The highest BCUT2D eigenvalue weighted by molar-refractivity contribution is 6.05. The number of nitrogens with zero attached hydrogens (tertiary/aromatic N) is 2. The topological polar surface area (TPSA) is 106 Å². The fourth-order valence-electron chi connectivity index (χ4n) is 6.74. The van der Waals surface area contributed by atoms with Gasteiger partial charge in [-0.3, -0.25) is 14.4 Å². The number of carbonyl (C=O) groups excluding carboxylic acids is 3. The van der Waals surface area contributed by atoms with Crippen molar-refractivity contribution in [3.8, 4) is 5.75 Å². The molecule has 6 atom stereocenters. The van der Waals surface area contributed by atoms with Crippen molar-refractivity contribution in [1.29, 1.82) is 0 Å². The van der Waals surface area contributed by atoms with E-state index in [9.17, 15) is 19.5 Å². The minimum Gasteiger partial charge on any atom is -0.497 e. The molecule has 0 aliphatic carbocycles. The van der Waals surface area contributed by atoms with Gasteiger partial charge in [0.1, 0.15) is 35.5 Å². The number of benzene rings is 1. The molecule has 1 unspecified atom stereocenters. The Balaban J connectivity index is 1.67. The van der Waals surface area contributed by atoms with Crippen LogP contribution in [-0.2, 0) is 23.9 Å². The van der Waals surface area contributed by atoms with Crippen molar-refractivity contribution in [3.63, 3.8) is 0 Å². The zero-order chi connectivity index (χ0) is 27.2. The number of hydrogen-bond acceptors (Lipinski definition) is 7. The lowest BCUT2D eigenvalue weighted by Gasteiger charge is -2.41. The van der Waals surface area contributed by atoms with Crippen LogP contribution in [0.3, 0.4) is 0 Å². The fourth-order valence-corrected chi connectivity index (χ4v) is 6.74. The third kappa shape index (κ3) is 3.86. The SMILES string of the molecule is CC[C@]12C=CCOC(=O)[C@H]1[C@H]1C(=O)N([C@@H](CO)CC(C)C)C3C(=O)N(c4ccc(OC)cc4)CC=C[C@@]31O2. The van der Waals surface area contributed by atoms with Crippen molar-refractivity contribution in [2.45, 2.75) is 56.9 Å². The first-order valence-corrected chi connectivity index (χ1v) is 13.3. The molecule has 4 heterocycles. The molecule has 38 heavy (non-hydrogen) atoms. The van der Waals surface area contributed by atoms with Crippen molar-refractivity contribution in [2.24, 2.45) is 17.8 Å². The summed E-state index contributed by atoms with van der Waals surface area (Å²) in [6.45, 7) is 5.98. The van der Waals surface area contributed by atoms with Crippen LogP contribution in [0.5, 0.6) is 5.75 Å². The van der Waals surface area contributed by atoms with E-state index in [-0.39, 0.29) is 37.5 Å². The number of anilines is 1. The minimum atomic E-state index is -1.39. The van der Waals surface area contributed by atoms with Gasteiger partial charge in [-0.15, -0.1) is 0 Å². The number of carbonyl (C=O) groups is 3. The molecular weight excluding hydrogens is 488 g/mol. The zero-order valence-corrected chi connectivity index (χ0v) is 22.3. The summed E-state index contributed by atoms with van der Waals surface area (Å²) in [7, 11) is 1.58. The van der Waals surface area contributed by atoms with Gasteiger partial charge in [-0.05, 0) is 49.1 Å². The van der Waals surface area contributed by atoms with Crippen LogP contribution in [0.25, 0.3) is 0 Å². The largest absolute Gasteiger partial charge is 0.497 e. The van der Waals surface area contributed by atoms with Crippen LogP contribution in [0.4, 0.5) is 5.69 Å². The van der Waals surface area contributed by atoms with Crippen molar-refractivity contribution in [1.82, 2.24) is 4.90 Å². The van der Waals surface area contributed by atoms with E-state index in [2.05, 4.69) is 0 Å². The summed E-state index contributed by atoms with van der Waals surface area (Å²) in [4.78, 5) is 45.3. The van der Waals surface area contributed by atoms with Gasteiger partial charge in [0, 0.05) is 12.2 Å². The van der Waals surface area contributed by atoms with Gasteiger partial charge in [0.05, 0.1) is 25.7 Å². The molecule has 9 nitrogen and oxygen atoms in total. The number of cyclic esters (lactones) is 1. The summed E-state index contributed by atoms with van der Waals surface area (Å²) in [5.74, 6) is -2.24. The lowest BCUT2D eigenvalue weighted by Crippen LogP contribution is -2.59. The average molecular weight is 525 g/mol. The molecule has 1 spiro atoms. The monoisotopic (exact) mass is 524 g/mol. The Hall–Kier alpha value is -3.17. The lowest BCUT2D eigenvalue weighted by atomic mass is 9.73. The first-order chi connectivity index (χ1) is 18.2. The van der Waals surface area contributed by atoms with Gasteiger partial charge >= 0.3 is 5.97 Å². The molecule has 0 aromatic heterocycles. The van der Waals surface area contributed by atoms with Crippen LogP contribution in [0.1, 0.15) is 33.6 Å². The van der Waals surface area contributed by atoms with Gasteiger partial charge in [-0.2, -0.15) is 0 Å². The van der Waals surface area contributed by atoms with E-state index in [4.69, 9.17) is 14.2 Å². The Morgan fingerprint density at radius 1 is 1.08 bits per heavy atom. The molecule has 0 bridgehead atoms. The summed E-state index contributed by atoms with van der Waals surface area (Å²) in [5.41, 5.74) is -1.82. The van der Waals surface area contributed by atoms with Crippen LogP contribution < -0.4 is 9.64 Å². The maximum absolute atomic E-state index is 14.5. The predicted molar refractivity (Wildman–Crippen MR) is 139 cm³/mol. The Kier molecular flexibility index (Phi) is 6.86. The third-order valence-corrected chi connectivity index (χ3v) is 8.37. The van der Waals surface area contributed by atoms with Crippen molar-refractivity contribution in [2.75, 3.05) is 31.8 Å². The molecule has 2 fully saturated rings. The molecule has 0 saturated carbocycles. The highest BCUT2D eigenvalue weighted by atomic mass is 16.6. The van der Waals surface area contributed by atoms with E-state index in [1.54, 1.807) is 48.4 Å². The molecule has 1 N–H and O–H groups in total. The van der Waals surface area contributed by atoms with Crippen LogP contribution in [0, 0.1) is 17.8 Å². The molecule has 204 valence electrons. The first kappa shape index (κ1) is 26.4. The Labute approximate surface area is 223 Å². The highest BCUT2D eigenvalue weighted by Crippen LogP contribution is 2.59. The summed E-state index contributed by atoms with van der Waals surface area (Å²) >= 11 is 0. The van der Waals surface area contributed by atoms with E-state index in [1.807, 2.05) is 32.9 Å². The number of aliphatic hydroxyl groups is 1. The number of esters is 1. The molecule has 1 aromatic rings. The zero-order valence-electron chi connectivity index (χ0n) is 22.3. The maximum Gasteiger partial charge on any atom is 0.313 e.